The first-order valence-electron chi connectivity index (χ1n) is 7.16. The van der Waals surface area contributed by atoms with Gasteiger partial charge in [-0.15, -0.1) is 0 Å². The van der Waals surface area contributed by atoms with Gasteiger partial charge >= 0.3 is 5.97 Å². The van der Waals surface area contributed by atoms with Crippen molar-refractivity contribution >= 4 is 11.9 Å². The number of carbonyl (C=O) groups excluding carboxylic acids is 1. The maximum absolute atomic E-state index is 12.4. The van der Waals surface area contributed by atoms with Crippen LogP contribution in [0.25, 0.3) is 0 Å². The van der Waals surface area contributed by atoms with Crippen molar-refractivity contribution in [3.05, 3.63) is 23.2 Å². The Bertz CT molecular complexity index is 528. The molecule has 0 unspecified atom stereocenters. The molecule has 0 atom stereocenters. The second-order valence-corrected chi connectivity index (χ2v) is 5.96. The van der Waals surface area contributed by atoms with Gasteiger partial charge in [-0.05, 0) is 44.4 Å². The minimum Gasteiger partial charge on any atom is -0.481 e. The lowest BCUT2D eigenvalue weighted by Gasteiger charge is -2.17. The first-order chi connectivity index (χ1) is 9.56. The summed E-state index contributed by atoms with van der Waals surface area (Å²) in [5.41, 5.74) is 1.10. The van der Waals surface area contributed by atoms with Gasteiger partial charge in [0.05, 0.1) is 11.8 Å². The summed E-state index contributed by atoms with van der Waals surface area (Å²) in [6.07, 6.45) is 5.95. The van der Waals surface area contributed by atoms with E-state index in [0.717, 1.165) is 0 Å². The van der Waals surface area contributed by atoms with Crippen LogP contribution in [0.5, 0.6) is 0 Å². The minimum atomic E-state index is -0.991. The number of hydrogen-bond acceptors (Lipinski definition) is 3. The van der Waals surface area contributed by atoms with E-state index in [2.05, 4.69) is 5.32 Å². The third-order valence-corrected chi connectivity index (χ3v) is 4.15. The van der Waals surface area contributed by atoms with Gasteiger partial charge in [-0.3, -0.25) is 9.59 Å². The van der Waals surface area contributed by atoms with E-state index in [4.69, 9.17) is 9.52 Å². The summed E-state index contributed by atoms with van der Waals surface area (Å²) in [6.45, 7) is 1.77. The predicted molar refractivity (Wildman–Crippen MR) is 71.5 cm³/mol. The molecule has 5 nitrogen and oxygen atoms in total. The Morgan fingerprint density at radius 1 is 1.35 bits per heavy atom. The van der Waals surface area contributed by atoms with Crippen LogP contribution < -0.4 is 5.32 Å². The molecule has 0 radical (unpaired) electrons. The molecule has 0 spiro atoms. The highest BCUT2D eigenvalue weighted by molar-refractivity contribution is 5.97. The summed E-state index contributed by atoms with van der Waals surface area (Å²) in [5.74, 6) is 0.298. The zero-order valence-electron chi connectivity index (χ0n) is 11.5. The zero-order valence-corrected chi connectivity index (χ0v) is 11.5. The van der Waals surface area contributed by atoms with E-state index in [1.165, 1.54) is 31.9 Å². The molecule has 0 aliphatic heterocycles. The van der Waals surface area contributed by atoms with Gasteiger partial charge in [0, 0.05) is 11.6 Å². The molecule has 1 aromatic rings. The number of amides is 1. The summed E-state index contributed by atoms with van der Waals surface area (Å²) in [5, 5.41) is 12.0. The molecule has 2 aliphatic rings. The summed E-state index contributed by atoms with van der Waals surface area (Å²) in [7, 11) is 0. The van der Waals surface area contributed by atoms with Crippen LogP contribution in [-0.4, -0.2) is 23.0 Å². The second kappa shape index (κ2) is 4.96. The largest absolute Gasteiger partial charge is 0.481 e. The number of rotatable bonds is 6. The highest BCUT2D eigenvalue weighted by Crippen LogP contribution is 2.44. The fourth-order valence-corrected chi connectivity index (χ4v) is 2.83. The molecule has 20 heavy (non-hydrogen) atoms. The average Bonchev–Trinajstić information content (AvgIpc) is 3.25. The van der Waals surface area contributed by atoms with Gasteiger partial charge in [-0.25, -0.2) is 0 Å². The van der Waals surface area contributed by atoms with Crippen molar-refractivity contribution in [3.63, 3.8) is 0 Å². The Morgan fingerprint density at radius 2 is 1.95 bits per heavy atom. The van der Waals surface area contributed by atoms with E-state index in [1.807, 2.05) is 0 Å². The maximum Gasteiger partial charge on any atom is 0.311 e. The molecular formula is C15H19NO4. The summed E-state index contributed by atoms with van der Waals surface area (Å²) in [6, 6.07) is 0.259. The van der Waals surface area contributed by atoms with Gasteiger partial charge in [0.2, 0.25) is 0 Å². The molecular weight excluding hydrogens is 258 g/mol. The summed E-state index contributed by atoms with van der Waals surface area (Å²) in [4.78, 5) is 23.3. The van der Waals surface area contributed by atoms with Crippen molar-refractivity contribution in [2.75, 3.05) is 0 Å². The van der Waals surface area contributed by atoms with Crippen LogP contribution in [0, 0.1) is 18.8 Å². The first kappa shape index (κ1) is 13.2. The maximum atomic E-state index is 12.4. The molecule has 108 valence electrons. The lowest BCUT2D eigenvalue weighted by atomic mass is 10.0. The Balaban J connectivity index is 1.75. The van der Waals surface area contributed by atoms with Gasteiger partial charge in [-0.2, -0.15) is 0 Å². The van der Waals surface area contributed by atoms with Crippen LogP contribution in [0.15, 0.2) is 10.7 Å². The highest BCUT2D eigenvalue weighted by Gasteiger charge is 2.42. The first-order valence-corrected chi connectivity index (χ1v) is 7.16. The van der Waals surface area contributed by atoms with Crippen molar-refractivity contribution in [3.8, 4) is 0 Å². The number of aryl methyl sites for hydroxylation is 1. The van der Waals surface area contributed by atoms with E-state index in [1.54, 1.807) is 6.92 Å². The number of nitrogens with one attached hydrogen (secondary N) is 1. The van der Waals surface area contributed by atoms with Gasteiger partial charge in [-0.1, -0.05) is 0 Å². The van der Waals surface area contributed by atoms with E-state index >= 15 is 0 Å². The van der Waals surface area contributed by atoms with E-state index in [0.29, 0.717) is 23.0 Å². The van der Waals surface area contributed by atoms with Gasteiger partial charge in [0.25, 0.3) is 5.91 Å². The number of hydrogen-bond donors (Lipinski definition) is 2. The molecule has 3 rings (SSSR count). The smallest absolute Gasteiger partial charge is 0.311 e. The zero-order chi connectivity index (χ0) is 14.3. The fraction of sp³-hybridized carbons (Fsp3) is 0.600. The van der Waals surface area contributed by atoms with E-state index in [-0.39, 0.29) is 24.1 Å². The molecule has 1 amide bonds. The van der Waals surface area contributed by atoms with Crippen LogP contribution >= 0.6 is 0 Å². The Morgan fingerprint density at radius 3 is 2.45 bits per heavy atom. The van der Waals surface area contributed by atoms with E-state index < -0.39 is 5.97 Å². The summed E-state index contributed by atoms with van der Waals surface area (Å²) < 4.78 is 5.22. The fourth-order valence-electron chi connectivity index (χ4n) is 2.83. The van der Waals surface area contributed by atoms with Crippen LogP contribution in [0.3, 0.4) is 0 Å². The quantitative estimate of drug-likeness (QED) is 0.834. The molecule has 5 heteroatoms. The third-order valence-electron chi connectivity index (χ3n) is 4.15. The molecule has 0 saturated heterocycles. The lowest BCUT2D eigenvalue weighted by Crippen LogP contribution is -2.38. The Kier molecular flexibility index (Phi) is 3.28. The minimum absolute atomic E-state index is 0.184. The van der Waals surface area contributed by atoms with Crippen molar-refractivity contribution < 1.29 is 19.1 Å². The van der Waals surface area contributed by atoms with Crippen molar-refractivity contribution in [1.82, 2.24) is 5.32 Å². The molecule has 2 aliphatic carbocycles. The monoisotopic (exact) mass is 277 g/mol. The van der Waals surface area contributed by atoms with Crippen LogP contribution in [0.1, 0.15) is 47.4 Å². The summed E-state index contributed by atoms with van der Waals surface area (Å²) >= 11 is 0. The molecule has 1 heterocycles. The van der Waals surface area contributed by atoms with Gasteiger partial charge < -0.3 is 14.8 Å². The molecule has 2 fully saturated rings. The lowest BCUT2D eigenvalue weighted by molar-refractivity contribution is -0.136. The topological polar surface area (TPSA) is 79.5 Å². The molecule has 0 bridgehead atoms. The number of aliphatic carboxylic acids is 1. The van der Waals surface area contributed by atoms with Crippen LogP contribution in [-0.2, 0) is 11.2 Å². The molecule has 2 N–H and O–H groups in total. The van der Waals surface area contributed by atoms with Crippen LogP contribution in [0.2, 0.25) is 0 Å². The number of carbonyl (C=O) groups is 2. The Hall–Kier alpha value is -1.78. The van der Waals surface area contributed by atoms with Crippen molar-refractivity contribution in [1.29, 1.82) is 0 Å². The number of carboxylic acid groups (broad SMARTS) is 1. The molecule has 0 aromatic carbocycles. The second-order valence-electron chi connectivity index (χ2n) is 5.96. The highest BCUT2D eigenvalue weighted by atomic mass is 16.4. The van der Waals surface area contributed by atoms with E-state index in [9.17, 15) is 9.59 Å². The number of furan rings is 1. The molecule has 1 aromatic heterocycles. The number of carboxylic acids is 1. The normalized spacial score (nSPS) is 18.3. The van der Waals surface area contributed by atoms with Crippen molar-refractivity contribution in [2.24, 2.45) is 11.8 Å². The van der Waals surface area contributed by atoms with Crippen molar-refractivity contribution in [2.45, 2.75) is 45.1 Å². The molecule has 2 saturated carbocycles. The standard InChI is InChI=1S/C15H19NO4/c1-8-7-20-11(6-12(17)18)13(8)15(19)16-14(9-2-3-9)10-4-5-10/h7,9-10,14H,2-6H2,1H3,(H,16,19)(H,17,18). The van der Waals surface area contributed by atoms with Crippen LogP contribution in [0.4, 0.5) is 0 Å². The average molecular weight is 277 g/mol. The third kappa shape index (κ3) is 2.71. The predicted octanol–water partition coefficient (Wildman–Crippen LogP) is 2.13. The van der Waals surface area contributed by atoms with Gasteiger partial charge in [0.1, 0.15) is 12.2 Å². The Labute approximate surface area is 117 Å². The van der Waals surface area contributed by atoms with Gasteiger partial charge in [0.15, 0.2) is 0 Å². The SMILES string of the molecule is Cc1coc(CC(=O)O)c1C(=O)NC(C1CC1)C1CC1.